The molecule has 28 heavy (non-hydrogen) atoms. The maximum Gasteiger partial charge on any atom is 0.256 e. The Morgan fingerprint density at radius 3 is 2.61 bits per heavy atom. The normalized spacial score (nSPS) is 13.8. The molecule has 0 spiro atoms. The summed E-state index contributed by atoms with van der Waals surface area (Å²) in [5, 5.41) is 2.83. The Kier molecular flexibility index (Phi) is 5.93. The van der Waals surface area contributed by atoms with E-state index in [4.69, 9.17) is 4.74 Å². The molecule has 0 aliphatic carbocycles. The zero-order chi connectivity index (χ0) is 20.1. The fourth-order valence-corrected chi connectivity index (χ4v) is 3.10. The number of ether oxygens (including phenoxy) is 1. The summed E-state index contributed by atoms with van der Waals surface area (Å²) in [5.74, 6) is -0.136. The Balaban J connectivity index is 1.74. The van der Waals surface area contributed by atoms with Gasteiger partial charge >= 0.3 is 0 Å². The molecule has 3 rings (SSSR count). The van der Waals surface area contributed by atoms with Crippen LogP contribution in [0.5, 0.6) is 5.75 Å². The van der Waals surface area contributed by atoms with Gasteiger partial charge in [0.2, 0.25) is 11.8 Å². The first kappa shape index (κ1) is 19.4. The standard InChI is InChI=1S/C21H23N3O4/c1-3-28-18-11-7-4-8-15(18)12-22-19(25)13-24-17-10-6-5-9-16(17)21(27)23(2)14-20(24)26/h4-11H,3,12-14H2,1-2H3,(H,22,25). The van der Waals surface area contributed by atoms with Crippen LogP contribution in [0, 0.1) is 0 Å². The van der Waals surface area contributed by atoms with Crippen molar-refractivity contribution in [2.75, 3.05) is 31.6 Å². The number of para-hydroxylation sites is 2. The van der Waals surface area contributed by atoms with E-state index in [-0.39, 0.29) is 37.4 Å². The molecule has 0 radical (unpaired) electrons. The SMILES string of the molecule is CCOc1ccccc1CNC(=O)CN1C(=O)CN(C)C(=O)c2ccccc21. The van der Waals surface area contributed by atoms with Crippen LogP contribution in [0.25, 0.3) is 0 Å². The van der Waals surface area contributed by atoms with Gasteiger partial charge in [-0.15, -0.1) is 0 Å². The molecule has 3 amide bonds. The lowest BCUT2D eigenvalue weighted by Crippen LogP contribution is -2.43. The minimum atomic E-state index is -0.313. The minimum absolute atomic E-state index is 0.0754. The van der Waals surface area contributed by atoms with Gasteiger partial charge in [0.05, 0.1) is 17.9 Å². The van der Waals surface area contributed by atoms with E-state index in [9.17, 15) is 14.4 Å². The number of nitrogens with one attached hydrogen (secondary N) is 1. The zero-order valence-corrected chi connectivity index (χ0v) is 16.0. The second kappa shape index (κ2) is 8.56. The van der Waals surface area contributed by atoms with Crippen molar-refractivity contribution in [3.8, 4) is 5.75 Å². The molecule has 0 atom stereocenters. The van der Waals surface area contributed by atoms with E-state index in [1.165, 1.54) is 9.80 Å². The van der Waals surface area contributed by atoms with E-state index in [0.717, 1.165) is 5.56 Å². The van der Waals surface area contributed by atoms with E-state index in [0.29, 0.717) is 23.6 Å². The maximum absolute atomic E-state index is 12.6. The van der Waals surface area contributed by atoms with Crippen molar-refractivity contribution in [2.45, 2.75) is 13.5 Å². The van der Waals surface area contributed by atoms with Gasteiger partial charge in [0, 0.05) is 19.2 Å². The van der Waals surface area contributed by atoms with Gasteiger partial charge in [-0.1, -0.05) is 30.3 Å². The Morgan fingerprint density at radius 1 is 1.11 bits per heavy atom. The lowest BCUT2D eigenvalue weighted by molar-refractivity contribution is -0.124. The number of hydrogen-bond donors (Lipinski definition) is 1. The van der Waals surface area contributed by atoms with Crippen LogP contribution < -0.4 is 15.0 Å². The molecule has 1 heterocycles. The fraction of sp³-hybridized carbons (Fsp3) is 0.286. The molecule has 2 aromatic rings. The Bertz CT molecular complexity index is 897. The topological polar surface area (TPSA) is 79.0 Å². The molecule has 0 saturated heterocycles. The number of amides is 3. The number of nitrogens with zero attached hydrogens (tertiary/aromatic N) is 2. The van der Waals surface area contributed by atoms with Gasteiger partial charge in [-0.3, -0.25) is 14.4 Å². The van der Waals surface area contributed by atoms with Gasteiger partial charge < -0.3 is 19.9 Å². The number of carbonyl (C=O) groups is 3. The molecule has 0 aromatic heterocycles. The van der Waals surface area contributed by atoms with E-state index >= 15 is 0 Å². The summed E-state index contributed by atoms with van der Waals surface area (Å²) >= 11 is 0. The van der Waals surface area contributed by atoms with Crippen molar-refractivity contribution < 1.29 is 19.1 Å². The van der Waals surface area contributed by atoms with Gasteiger partial charge in [0.1, 0.15) is 18.8 Å². The van der Waals surface area contributed by atoms with E-state index in [2.05, 4.69) is 5.32 Å². The summed E-state index contributed by atoms with van der Waals surface area (Å²) in [6, 6.07) is 14.3. The quantitative estimate of drug-likeness (QED) is 0.828. The molecule has 2 aromatic carbocycles. The molecular weight excluding hydrogens is 358 g/mol. The summed E-state index contributed by atoms with van der Waals surface area (Å²) < 4.78 is 5.56. The first-order chi connectivity index (χ1) is 13.5. The smallest absolute Gasteiger partial charge is 0.256 e. The second-order valence-electron chi connectivity index (χ2n) is 6.48. The first-order valence-corrected chi connectivity index (χ1v) is 9.13. The van der Waals surface area contributed by atoms with E-state index in [1.807, 2.05) is 31.2 Å². The Morgan fingerprint density at radius 2 is 1.82 bits per heavy atom. The van der Waals surface area contributed by atoms with Crippen molar-refractivity contribution in [3.05, 3.63) is 59.7 Å². The fourth-order valence-electron chi connectivity index (χ4n) is 3.10. The van der Waals surface area contributed by atoms with Crippen LogP contribution in [-0.4, -0.2) is 49.4 Å². The third-order valence-electron chi connectivity index (χ3n) is 4.50. The molecule has 0 saturated carbocycles. The van der Waals surface area contributed by atoms with Crippen molar-refractivity contribution in [1.29, 1.82) is 0 Å². The number of anilines is 1. The summed E-state index contributed by atoms with van der Waals surface area (Å²) in [5.41, 5.74) is 1.72. The predicted molar refractivity (Wildman–Crippen MR) is 105 cm³/mol. The number of carbonyl (C=O) groups excluding carboxylic acids is 3. The van der Waals surface area contributed by atoms with E-state index < -0.39 is 0 Å². The highest BCUT2D eigenvalue weighted by Gasteiger charge is 2.30. The number of fused-ring (bicyclic) bond motifs is 1. The molecule has 1 aliphatic rings. The van der Waals surface area contributed by atoms with Gasteiger partial charge in [0.15, 0.2) is 0 Å². The van der Waals surface area contributed by atoms with Gasteiger partial charge in [0.25, 0.3) is 5.91 Å². The summed E-state index contributed by atoms with van der Waals surface area (Å²) in [6.45, 7) is 2.49. The minimum Gasteiger partial charge on any atom is -0.494 e. The molecule has 0 fully saturated rings. The molecule has 7 nitrogen and oxygen atoms in total. The van der Waals surface area contributed by atoms with Crippen LogP contribution in [0.4, 0.5) is 5.69 Å². The molecule has 0 unspecified atom stereocenters. The highest BCUT2D eigenvalue weighted by atomic mass is 16.5. The third kappa shape index (κ3) is 4.14. The summed E-state index contributed by atoms with van der Waals surface area (Å²) in [6.07, 6.45) is 0. The number of benzene rings is 2. The summed E-state index contributed by atoms with van der Waals surface area (Å²) in [7, 11) is 1.57. The van der Waals surface area contributed by atoms with Crippen molar-refractivity contribution >= 4 is 23.4 Å². The second-order valence-corrected chi connectivity index (χ2v) is 6.48. The monoisotopic (exact) mass is 381 g/mol. The third-order valence-corrected chi connectivity index (χ3v) is 4.50. The molecular formula is C21H23N3O4. The van der Waals surface area contributed by atoms with Gasteiger partial charge in [-0.2, -0.15) is 0 Å². The van der Waals surface area contributed by atoms with Crippen LogP contribution in [-0.2, 0) is 16.1 Å². The van der Waals surface area contributed by atoms with Crippen molar-refractivity contribution in [3.63, 3.8) is 0 Å². The highest BCUT2D eigenvalue weighted by molar-refractivity contribution is 6.11. The summed E-state index contributed by atoms with van der Waals surface area (Å²) in [4.78, 5) is 40.3. The Labute approximate surface area is 163 Å². The van der Waals surface area contributed by atoms with Gasteiger partial charge in [-0.05, 0) is 25.1 Å². The lowest BCUT2D eigenvalue weighted by atomic mass is 10.1. The molecule has 1 N–H and O–H groups in total. The lowest BCUT2D eigenvalue weighted by Gasteiger charge is -2.22. The van der Waals surface area contributed by atoms with Gasteiger partial charge in [-0.25, -0.2) is 0 Å². The Hall–Kier alpha value is -3.35. The highest BCUT2D eigenvalue weighted by Crippen LogP contribution is 2.25. The molecule has 0 bridgehead atoms. The van der Waals surface area contributed by atoms with Crippen LogP contribution in [0.2, 0.25) is 0 Å². The van der Waals surface area contributed by atoms with Crippen molar-refractivity contribution in [1.82, 2.24) is 10.2 Å². The largest absolute Gasteiger partial charge is 0.494 e. The maximum atomic E-state index is 12.6. The van der Waals surface area contributed by atoms with Crippen LogP contribution in [0.3, 0.4) is 0 Å². The zero-order valence-electron chi connectivity index (χ0n) is 16.0. The van der Waals surface area contributed by atoms with Crippen LogP contribution in [0.15, 0.2) is 48.5 Å². The number of rotatable bonds is 6. The van der Waals surface area contributed by atoms with Crippen LogP contribution >= 0.6 is 0 Å². The van der Waals surface area contributed by atoms with E-state index in [1.54, 1.807) is 31.3 Å². The van der Waals surface area contributed by atoms with Crippen molar-refractivity contribution in [2.24, 2.45) is 0 Å². The average molecular weight is 381 g/mol. The average Bonchev–Trinajstić information content (AvgIpc) is 2.78. The van der Waals surface area contributed by atoms with Crippen LogP contribution in [0.1, 0.15) is 22.8 Å². The number of hydrogen-bond acceptors (Lipinski definition) is 4. The molecule has 7 heteroatoms. The first-order valence-electron chi connectivity index (χ1n) is 9.13. The predicted octanol–water partition coefficient (Wildman–Crippen LogP) is 1.82. The molecule has 1 aliphatic heterocycles. The molecule has 146 valence electrons. The number of likely N-dealkylation sites (N-methyl/N-ethyl adjacent to an activating group) is 1.